The zero-order valence-electron chi connectivity index (χ0n) is 15.3. The van der Waals surface area contributed by atoms with Crippen molar-refractivity contribution in [2.45, 2.75) is 53.4 Å². The molecule has 0 aromatic heterocycles. The largest absolute Gasteiger partial charge is 0.365 e. The average molecular weight is 443 g/mol. The summed E-state index contributed by atoms with van der Waals surface area (Å²) in [7, 11) is 0. The van der Waals surface area contributed by atoms with E-state index in [1.165, 1.54) is 0 Å². The van der Waals surface area contributed by atoms with Crippen LogP contribution in [0.5, 0.6) is 0 Å². The normalized spacial score (nSPS) is 15.5. The third-order valence-electron chi connectivity index (χ3n) is 3.50. The molecule has 0 atom stereocenters. The lowest BCUT2D eigenvalue weighted by Crippen LogP contribution is -2.32. The van der Waals surface area contributed by atoms with Gasteiger partial charge in [0, 0.05) is 13.1 Å². The van der Waals surface area contributed by atoms with Crippen molar-refractivity contribution < 1.29 is 4.79 Å². The fraction of sp³-hybridized carbons (Fsp3) is 0.526. The Morgan fingerprint density at radius 3 is 2.58 bits per heavy atom. The maximum atomic E-state index is 11.8. The van der Waals surface area contributed by atoms with E-state index in [1.54, 1.807) is 0 Å². The summed E-state index contributed by atoms with van der Waals surface area (Å²) in [4.78, 5) is 19.1. The summed E-state index contributed by atoms with van der Waals surface area (Å²) in [6.45, 7) is 10.5. The minimum Gasteiger partial charge on any atom is -0.365 e. The molecule has 0 aromatic rings. The molecule has 1 aliphatic heterocycles. The summed E-state index contributed by atoms with van der Waals surface area (Å²) in [6, 6.07) is 0. The Hall–Kier alpha value is -1.24. The zero-order chi connectivity index (χ0) is 17.9. The van der Waals surface area contributed by atoms with E-state index in [4.69, 9.17) is 10.7 Å². The van der Waals surface area contributed by atoms with Gasteiger partial charge in [-0.25, -0.2) is 4.99 Å². The Labute approximate surface area is 156 Å². The molecule has 5 heteroatoms. The third kappa shape index (κ3) is 6.34. The van der Waals surface area contributed by atoms with E-state index >= 15 is 0 Å². The van der Waals surface area contributed by atoms with Crippen LogP contribution in [0.3, 0.4) is 0 Å². The molecule has 0 saturated carbocycles. The maximum absolute atomic E-state index is 11.8. The van der Waals surface area contributed by atoms with Gasteiger partial charge in [-0.2, -0.15) is 0 Å². The van der Waals surface area contributed by atoms with Crippen LogP contribution >= 0.6 is 20.7 Å². The van der Waals surface area contributed by atoms with E-state index in [-0.39, 0.29) is 5.91 Å². The predicted octanol–water partition coefficient (Wildman–Crippen LogP) is 4.29. The van der Waals surface area contributed by atoms with E-state index in [1.807, 2.05) is 19.1 Å². The molecule has 4 nitrogen and oxygen atoms in total. The number of hydrogen-bond donors (Lipinski definition) is 1. The van der Waals surface area contributed by atoms with Gasteiger partial charge >= 0.3 is 0 Å². The first-order valence-electron chi connectivity index (χ1n) is 8.77. The summed E-state index contributed by atoms with van der Waals surface area (Å²) in [5.74, 6) is -0.309. The topological polar surface area (TPSA) is 58.7 Å². The van der Waals surface area contributed by atoms with E-state index in [2.05, 4.69) is 37.8 Å². The number of hydrogen-bond acceptors (Lipinski definition) is 3. The number of carbonyl (C=O) groups excluding carboxylic acids is 1. The quantitative estimate of drug-likeness (QED) is 0.328. The second-order valence-electron chi connectivity index (χ2n) is 5.63. The molecule has 0 saturated heterocycles. The Morgan fingerprint density at radius 1 is 1.29 bits per heavy atom. The monoisotopic (exact) mass is 443 g/mol. The Morgan fingerprint density at radius 2 is 2.04 bits per heavy atom. The first-order chi connectivity index (χ1) is 11.6. The molecule has 1 amide bonds. The van der Waals surface area contributed by atoms with Crippen molar-refractivity contribution in [2.75, 3.05) is 13.1 Å². The number of amides is 1. The molecule has 0 aromatic carbocycles. The van der Waals surface area contributed by atoms with Gasteiger partial charge in [-0.15, -0.1) is 0 Å². The molecule has 0 fully saturated rings. The summed E-state index contributed by atoms with van der Waals surface area (Å²) in [6.07, 6.45) is 12.4. The van der Waals surface area contributed by atoms with Crippen LogP contribution in [0.25, 0.3) is 0 Å². The highest BCUT2D eigenvalue weighted by Crippen LogP contribution is 2.25. The lowest BCUT2D eigenvalue weighted by molar-refractivity contribution is -0.111. The molecular formula is C19H30IN3O. The molecule has 0 bridgehead atoms. The Bertz CT molecular complexity index is 585. The van der Waals surface area contributed by atoms with Crippen LogP contribution in [0.1, 0.15) is 53.4 Å². The molecule has 2 N–H and O–H groups in total. The van der Waals surface area contributed by atoms with E-state index < -0.39 is 20.7 Å². The third-order valence-corrected chi connectivity index (χ3v) is 6.33. The SMILES string of the molecule is C/C=C\C(=C/CC)C1=CC(C(N)=O)=IC(N(CCC)CCCC)=N1. The van der Waals surface area contributed by atoms with Crippen molar-refractivity contribution in [1.82, 2.24) is 4.90 Å². The number of allylic oxidation sites excluding steroid dienone is 3. The fourth-order valence-corrected chi connectivity index (χ4v) is 4.80. The molecule has 134 valence electrons. The molecule has 0 radical (unpaired) electrons. The van der Waals surface area contributed by atoms with Crippen LogP contribution in [-0.2, 0) is 4.79 Å². The summed E-state index contributed by atoms with van der Waals surface area (Å²) in [5.41, 5.74) is 7.54. The fourth-order valence-electron chi connectivity index (χ4n) is 2.36. The lowest BCUT2D eigenvalue weighted by Gasteiger charge is -2.25. The molecular weight excluding hydrogens is 413 g/mol. The van der Waals surface area contributed by atoms with E-state index in [0.29, 0.717) is 0 Å². The molecule has 0 aliphatic carbocycles. The van der Waals surface area contributed by atoms with Crippen LogP contribution < -0.4 is 5.73 Å². The van der Waals surface area contributed by atoms with Crippen molar-refractivity contribution in [3.05, 3.63) is 35.6 Å². The Kier molecular flexibility index (Phi) is 9.83. The summed E-state index contributed by atoms with van der Waals surface area (Å²) >= 11 is -0.610. The lowest BCUT2D eigenvalue weighted by atomic mass is 10.1. The summed E-state index contributed by atoms with van der Waals surface area (Å²) < 4.78 is 1.82. The van der Waals surface area contributed by atoms with Gasteiger partial charge in [0.05, 0.1) is 9.21 Å². The van der Waals surface area contributed by atoms with Crippen molar-refractivity contribution in [3.63, 3.8) is 0 Å². The molecule has 1 heterocycles. The smallest absolute Gasteiger partial charge is 0.254 e. The van der Waals surface area contributed by atoms with Crippen LogP contribution in [-0.4, -0.2) is 31.2 Å². The molecule has 1 aliphatic rings. The predicted molar refractivity (Wildman–Crippen MR) is 114 cm³/mol. The number of nitrogens with zero attached hydrogens (tertiary/aromatic N) is 2. The number of nitrogens with two attached hydrogens (primary N) is 1. The van der Waals surface area contributed by atoms with Crippen molar-refractivity contribution in [1.29, 1.82) is 0 Å². The number of aliphatic imine (C=N–C) groups is 1. The highest BCUT2D eigenvalue weighted by molar-refractivity contribution is 14.2. The van der Waals surface area contributed by atoms with Gasteiger partial charge in [0.2, 0.25) is 0 Å². The molecule has 24 heavy (non-hydrogen) atoms. The van der Waals surface area contributed by atoms with Crippen molar-refractivity contribution >= 4 is 34.0 Å². The van der Waals surface area contributed by atoms with E-state index in [0.717, 1.165) is 57.4 Å². The number of unbranched alkanes of at least 4 members (excludes halogenated alkanes) is 1. The first-order valence-corrected chi connectivity index (χ1v) is 10.9. The standard InChI is InChI=1S/C19H30IN3O/c1-5-9-13-23(12-8-4)19-20-16(18(21)24)14-17(22-19)15(10-6-2)11-7-3/h6,10-11,14H,5,7-9,12-13H2,1-4H3,(H2,21,24)/b10-6-,15-11+. The number of rotatable bonds is 9. The second-order valence-corrected chi connectivity index (χ2v) is 8.29. The Balaban J connectivity index is 3.28. The second kappa shape index (κ2) is 11.3. The van der Waals surface area contributed by atoms with Gasteiger partial charge in [-0.1, -0.05) is 45.4 Å². The highest BCUT2D eigenvalue weighted by Gasteiger charge is 2.18. The minimum absolute atomic E-state index is 0.309. The van der Waals surface area contributed by atoms with Gasteiger partial charge in [0.1, 0.15) is 0 Å². The van der Waals surface area contributed by atoms with Gasteiger partial charge in [-0.05, 0) is 58.6 Å². The highest BCUT2D eigenvalue weighted by atomic mass is 127. The van der Waals surface area contributed by atoms with Crippen LogP contribution in [0.2, 0.25) is 0 Å². The van der Waals surface area contributed by atoms with Gasteiger partial charge in [-0.3, -0.25) is 4.79 Å². The van der Waals surface area contributed by atoms with Gasteiger partial charge < -0.3 is 10.6 Å². The maximum Gasteiger partial charge on any atom is 0.254 e. The van der Waals surface area contributed by atoms with Crippen molar-refractivity contribution in [3.8, 4) is 0 Å². The average Bonchev–Trinajstić information content (AvgIpc) is 2.58. The number of carbonyl (C=O) groups is 1. The molecule has 1 rings (SSSR count). The van der Waals surface area contributed by atoms with Crippen molar-refractivity contribution in [2.24, 2.45) is 10.7 Å². The number of primary amides is 1. The minimum atomic E-state index is -0.610. The number of amidine groups is 1. The van der Waals surface area contributed by atoms with Crippen LogP contribution in [0, 0.1) is 0 Å². The van der Waals surface area contributed by atoms with Crippen LogP contribution in [0.15, 0.2) is 40.6 Å². The first kappa shape index (κ1) is 20.8. The van der Waals surface area contributed by atoms with Gasteiger partial charge in [0.15, 0.2) is 3.84 Å². The van der Waals surface area contributed by atoms with Crippen LogP contribution in [0.4, 0.5) is 0 Å². The zero-order valence-corrected chi connectivity index (χ0v) is 17.5. The summed E-state index contributed by atoms with van der Waals surface area (Å²) in [5, 5.41) is 0. The molecule has 0 spiro atoms. The van der Waals surface area contributed by atoms with Gasteiger partial charge in [0.25, 0.3) is 5.91 Å². The molecule has 0 unspecified atom stereocenters. The number of halogens is 1. The van der Waals surface area contributed by atoms with E-state index in [9.17, 15) is 4.79 Å².